The summed E-state index contributed by atoms with van der Waals surface area (Å²) >= 11 is 0. The molecule has 3 N–H and O–H groups in total. The zero-order chi connectivity index (χ0) is 12.1. The standard InChI is InChI=1S/C12H17N5/c1-2-3-9(8-13)16-11-5-4-10-12(17-11)15-7-6-14-10/h4-7,9H,2-3,8,13H2,1H3,(H,15,16,17). The topological polar surface area (TPSA) is 76.7 Å². The second-order valence-electron chi connectivity index (χ2n) is 3.96. The van der Waals surface area contributed by atoms with Crippen molar-refractivity contribution >= 4 is 17.0 Å². The number of anilines is 1. The number of aromatic nitrogens is 3. The van der Waals surface area contributed by atoms with Crippen molar-refractivity contribution in [3.05, 3.63) is 24.5 Å². The molecule has 0 spiro atoms. The summed E-state index contributed by atoms with van der Waals surface area (Å²) in [6, 6.07) is 4.09. The predicted molar refractivity (Wildman–Crippen MR) is 68.7 cm³/mol. The van der Waals surface area contributed by atoms with E-state index in [1.165, 1.54) is 0 Å². The Bertz CT molecular complexity index is 485. The molecule has 2 aromatic rings. The van der Waals surface area contributed by atoms with Crippen molar-refractivity contribution < 1.29 is 0 Å². The maximum absolute atomic E-state index is 5.70. The number of nitrogens with zero attached hydrogens (tertiary/aromatic N) is 3. The molecule has 5 heteroatoms. The monoisotopic (exact) mass is 231 g/mol. The van der Waals surface area contributed by atoms with Gasteiger partial charge < -0.3 is 11.1 Å². The quantitative estimate of drug-likeness (QED) is 0.816. The molecule has 0 aliphatic rings. The average Bonchev–Trinajstić information content (AvgIpc) is 2.38. The zero-order valence-electron chi connectivity index (χ0n) is 9.93. The highest BCUT2D eigenvalue weighted by Crippen LogP contribution is 2.12. The maximum atomic E-state index is 5.70. The molecular weight excluding hydrogens is 214 g/mol. The highest BCUT2D eigenvalue weighted by Gasteiger charge is 2.06. The molecule has 1 unspecified atom stereocenters. The molecule has 0 aromatic carbocycles. The lowest BCUT2D eigenvalue weighted by atomic mass is 10.1. The highest BCUT2D eigenvalue weighted by atomic mass is 15.0. The van der Waals surface area contributed by atoms with Crippen LogP contribution in [0.1, 0.15) is 19.8 Å². The van der Waals surface area contributed by atoms with E-state index in [0.717, 1.165) is 24.2 Å². The maximum Gasteiger partial charge on any atom is 0.180 e. The van der Waals surface area contributed by atoms with Gasteiger partial charge in [-0.05, 0) is 18.6 Å². The van der Waals surface area contributed by atoms with Gasteiger partial charge in [-0.1, -0.05) is 13.3 Å². The van der Waals surface area contributed by atoms with E-state index in [4.69, 9.17) is 5.73 Å². The first-order valence-electron chi connectivity index (χ1n) is 5.88. The van der Waals surface area contributed by atoms with Crippen LogP contribution in [0.3, 0.4) is 0 Å². The minimum Gasteiger partial charge on any atom is -0.366 e. The number of nitrogens with two attached hydrogens (primary N) is 1. The molecule has 17 heavy (non-hydrogen) atoms. The molecule has 1 atom stereocenters. The number of nitrogens with one attached hydrogen (secondary N) is 1. The van der Waals surface area contributed by atoms with Crippen molar-refractivity contribution in [2.75, 3.05) is 11.9 Å². The SMILES string of the molecule is CCCC(CN)Nc1ccc2nccnc2n1. The fourth-order valence-electron chi connectivity index (χ4n) is 1.74. The van der Waals surface area contributed by atoms with Crippen LogP contribution in [0.5, 0.6) is 0 Å². The lowest BCUT2D eigenvalue weighted by molar-refractivity contribution is 0.646. The highest BCUT2D eigenvalue weighted by molar-refractivity contribution is 5.71. The molecule has 2 rings (SSSR count). The van der Waals surface area contributed by atoms with Crippen LogP contribution in [0, 0.1) is 0 Å². The Morgan fingerprint density at radius 2 is 2.12 bits per heavy atom. The van der Waals surface area contributed by atoms with E-state index in [1.54, 1.807) is 12.4 Å². The van der Waals surface area contributed by atoms with Gasteiger partial charge in [-0.3, -0.25) is 4.98 Å². The second-order valence-corrected chi connectivity index (χ2v) is 3.96. The first-order chi connectivity index (χ1) is 8.33. The van der Waals surface area contributed by atoms with Crippen LogP contribution in [0.2, 0.25) is 0 Å². The van der Waals surface area contributed by atoms with E-state index in [2.05, 4.69) is 27.2 Å². The third-order valence-corrected chi connectivity index (χ3v) is 2.61. The van der Waals surface area contributed by atoms with Crippen molar-refractivity contribution in [1.29, 1.82) is 0 Å². The van der Waals surface area contributed by atoms with Gasteiger partial charge in [0.05, 0.1) is 0 Å². The van der Waals surface area contributed by atoms with Gasteiger partial charge >= 0.3 is 0 Å². The van der Waals surface area contributed by atoms with E-state index in [1.807, 2.05) is 12.1 Å². The smallest absolute Gasteiger partial charge is 0.180 e. The molecule has 0 amide bonds. The van der Waals surface area contributed by atoms with Crippen LogP contribution >= 0.6 is 0 Å². The zero-order valence-corrected chi connectivity index (χ0v) is 9.93. The Balaban J connectivity index is 2.18. The summed E-state index contributed by atoms with van der Waals surface area (Å²) in [5.41, 5.74) is 7.16. The van der Waals surface area contributed by atoms with Gasteiger partial charge in [0.2, 0.25) is 0 Å². The van der Waals surface area contributed by atoms with Crippen LogP contribution < -0.4 is 11.1 Å². The first-order valence-corrected chi connectivity index (χ1v) is 5.88. The van der Waals surface area contributed by atoms with Crippen molar-refractivity contribution in [3.8, 4) is 0 Å². The number of hydrogen-bond donors (Lipinski definition) is 2. The lowest BCUT2D eigenvalue weighted by Crippen LogP contribution is -2.28. The van der Waals surface area contributed by atoms with E-state index in [0.29, 0.717) is 12.2 Å². The Hall–Kier alpha value is -1.75. The third kappa shape index (κ3) is 2.88. The molecule has 2 heterocycles. The first kappa shape index (κ1) is 11.7. The molecule has 0 aliphatic heterocycles. The van der Waals surface area contributed by atoms with Crippen molar-refractivity contribution in [3.63, 3.8) is 0 Å². The van der Waals surface area contributed by atoms with Crippen molar-refractivity contribution in [1.82, 2.24) is 15.0 Å². The van der Waals surface area contributed by atoms with Gasteiger partial charge in [-0.2, -0.15) is 0 Å². The molecule has 90 valence electrons. The fourth-order valence-corrected chi connectivity index (χ4v) is 1.74. The van der Waals surface area contributed by atoms with Crippen LogP contribution in [0.4, 0.5) is 5.82 Å². The van der Waals surface area contributed by atoms with Gasteiger partial charge in [-0.15, -0.1) is 0 Å². The molecule has 2 aromatic heterocycles. The summed E-state index contributed by atoms with van der Waals surface area (Å²) in [4.78, 5) is 12.8. The molecule has 0 aliphatic carbocycles. The number of hydrogen-bond acceptors (Lipinski definition) is 5. The van der Waals surface area contributed by atoms with Crippen molar-refractivity contribution in [2.24, 2.45) is 5.73 Å². The second kappa shape index (κ2) is 5.54. The Labute approximate surface area is 100 Å². The molecule has 0 fully saturated rings. The Morgan fingerprint density at radius 3 is 2.88 bits per heavy atom. The number of rotatable bonds is 5. The summed E-state index contributed by atoms with van der Waals surface area (Å²) in [5.74, 6) is 0.807. The summed E-state index contributed by atoms with van der Waals surface area (Å²) in [6.45, 7) is 2.75. The molecule has 0 saturated heterocycles. The van der Waals surface area contributed by atoms with Gasteiger partial charge in [0.25, 0.3) is 0 Å². The van der Waals surface area contributed by atoms with Gasteiger partial charge in [0.1, 0.15) is 11.3 Å². The van der Waals surface area contributed by atoms with Gasteiger partial charge in [0.15, 0.2) is 5.65 Å². The summed E-state index contributed by atoms with van der Waals surface area (Å²) in [7, 11) is 0. The lowest BCUT2D eigenvalue weighted by Gasteiger charge is -2.16. The predicted octanol–water partition coefficient (Wildman–Crippen LogP) is 1.56. The average molecular weight is 231 g/mol. The molecular formula is C12H17N5. The van der Waals surface area contributed by atoms with E-state index in [-0.39, 0.29) is 6.04 Å². The number of pyridine rings is 1. The normalized spacial score (nSPS) is 12.6. The Kier molecular flexibility index (Phi) is 3.82. The fraction of sp³-hybridized carbons (Fsp3) is 0.417. The van der Waals surface area contributed by atoms with E-state index >= 15 is 0 Å². The molecule has 0 saturated carbocycles. The summed E-state index contributed by atoms with van der Waals surface area (Å²) < 4.78 is 0. The van der Waals surface area contributed by atoms with Crippen molar-refractivity contribution in [2.45, 2.75) is 25.8 Å². The minimum absolute atomic E-state index is 0.265. The Morgan fingerprint density at radius 1 is 1.29 bits per heavy atom. The van der Waals surface area contributed by atoms with Crippen LogP contribution in [-0.2, 0) is 0 Å². The van der Waals surface area contributed by atoms with Gasteiger partial charge in [0, 0.05) is 25.0 Å². The third-order valence-electron chi connectivity index (χ3n) is 2.61. The number of fused-ring (bicyclic) bond motifs is 1. The summed E-state index contributed by atoms with van der Waals surface area (Å²) in [5, 5.41) is 3.32. The molecule has 0 bridgehead atoms. The van der Waals surface area contributed by atoms with Gasteiger partial charge in [-0.25, -0.2) is 9.97 Å². The van der Waals surface area contributed by atoms with Crippen LogP contribution in [-0.4, -0.2) is 27.5 Å². The van der Waals surface area contributed by atoms with E-state index in [9.17, 15) is 0 Å². The summed E-state index contributed by atoms with van der Waals surface area (Å²) in [6.07, 6.45) is 5.45. The van der Waals surface area contributed by atoms with Crippen LogP contribution in [0.25, 0.3) is 11.2 Å². The van der Waals surface area contributed by atoms with Crippen LogP contribution in [0.15, 0.2) is 24.5 Å². The molecule has 0 radical (unpaired) electrons. The molecule has 5 nitrogen and oxygen atoms in total. The largest absolute Gasteiger partial charge is 0.366 e. The van der Waals surface area contributed by atoms with E-state index < -0.39 is 0 Å². The minimum atomic E-state index is 0.265.